The molecule has 0 amide bonds. The van der Waals surface area contributed by atoms with Gasteiger partial charge in [0.15, 0.2) is 0 Å². The van der Waals surface area contributed by atoms with Gasteiger partial charge in [0.2, 0.25) is 0 Å². The van der Waals surface area contributed by atoms with Crippen LogP contribution in [0.4, 0.5) is 0 Å². The number of rotatable bonds is 12. The largest absolute Gasteiger partial charge is 0.460 e. The molecule has 0 radical (unpaired) electrons. The van der Waals surface area contributed by atoms with E-state index in [2.05, 4.69) is 13.8 Å². The minimum Gasteiger partial charge on any atom is -0.460 e. The minimum absolute atomic E-state index is 0.0762. The molecule has 0 N–H and O–H groups in total. The summed E-state index contributed by atoms with van der Waals surface area (Å²) in [7, 11) is 0. The Morgan fingerprint density at radius 3 is 1.83 bits per heavy atom. The average Bonchev–Trinajstić information content (AvgIpc) is 2.39. The van der Waals surface area contributed by atoms with Crippen LogP contribution in [-0.4, -0.2) is 29.1 Å². The van der Waals surface area contributed by atoms with Crippen LogP contribution in [0.3, 0.4) is 0 Å². The van der Waals surface area contributed by atoms with Crippen LogP contribution in [-0.2, 0) is 19.1 Å². The van der Waals surface area contributed by atoms with E-state index in [4.69, 9.17) is 9.47 Å². The van der Waals surface area contributed by atoms with Crippen molar-refractivity contribution in [1.82, 2.24) is 0 Å². The Bertz CT molecular complexity index is 394. The fourth-order valence-corrected chi connectivity index (χ4v) is 2.57. The van der Waals surface area contributed by atoms with Crippen molar-refractivity contribution in [3.05, 3.63) is 0 Å². The third-order valence-electron chi connectivity index (χ3n) is 3.97. The number of ether oxygens (including phenoxy) is 2. The number of Topliss-reactive ketones (excluding diaryl/α,β-unsaturated/α-hetero) is 1. The molecule has 0 aromatic heterocycles. The highest BCUT2D eigenvalue weighted by molar-refractivity contribution is 5.80. The molecule has 0 aromatic carbocycles. The van der Waals surface area contributed by atoms with Crippen molar-refractivity contribution in [2.45, 2.75) is 111 Å². The number of hydrogen-bond donors (Lipinski definition) is 0. The summed E-state index contributed by atoms with van der Waals surface area (Å²) < 4.78 is 11.5. The van der Waals surface area contributed by atoms with Crippen molar-refractivity contribution >= 4 is 11.8 Å². The summed E-state index contributed by atoms with van der Waals surface area (Å²) >= 11 is 0. The van der Waals surface area contributed by atoms with E-state index in [1.807, 2.05) is 41.5 Å². The zero-order chi connectivity index (χ0) is 19.0. The molecular weight excluding hydrogens is 304 g/mol. The topological polar surface area (TPSA) is 52.6 Å². The first-order chi connectivity index (χ1) is 10.8. The Morgan fingerprint density at radius 1 is 0.833 bits per heavy atom. The number of hydrogen-bond acceptors (Lipinski definition) is 4. The van der Waals surface area contributed by atoms with Crippen molar-refractivity contribution in [3.8, 4) is 0 Å². The molecule has 0 spiro atoms. The van der Waals surface area contributed by atoms with Gasteiger partial charge < -0.3 is 9.47 Å². The van der Waals surface area contributed by atoms with Crippen molar-refractivity contribution in [1.29, 1.82) is 0 Å². The lowest BCUT2D eigenvalue weighted by atomic mass is 9.93. The third kappa shape index (κ3) is 11.6. The number of carbonyl (C=O) groups excluding carboxylic acids is 2. The summed E-state index contributed by atoms with van der Waals surface area (Å²) in [4.78, 5) is 23.5. The van der Waals surface area contributed by atoms with E-state index in [-0.39, 0.29) is 29.4 Å². The second-order valence-electron chi connectivity index (χ2n) is 8.49. The van der Waals surface area contributed by atoms with Gasteiger partial charge in [-0.05, 0) is 67.2 Å². The van der Waals surface area contributed by atoms with Gasteiger partial charge in [-0.25, -0.2) is 0 Å². The zero-order valence-electron chi connectivity index (χ0n) is 17.0. The Kier molecular flexibility index (Phi) is 9.79. The number of esters is 1. The van der Waals surface area contributed by atoms with Gasteiger partial charge in [0, 0.05) is 18.8 Å². The molecule has 0 fully saturated rings. The smallest absolute Gasteiger partial charge is 0.306 e. The van der Waals surface area contributed by atoms with Gasteiger partial charge in [-0.15, -0.1) is 0 Å². The van der Waals surface area contributed by atoms with E-state index in [1.165, 1.54) is 0 Å². The highest BCUT2D eigenvalue weighted by Crippen LogP contribution is 2.26. The molecule has 0 atom stereocenters. The molecule has 142 valence electrons. The van der Waals surface area contributed by atoms with Crippen LogP contribution < -0.4 is 0 Å². The van der Waals surface area contributed by atoms with Gasteiger partial charge in [0.1, 0.15) is 11.4 Å². The molecule has 0 bridgehead atoms. The van der Waals surface area contributed by atoms with Crippen molar-refractivity contribution < 1.29 is 19.1 Å². The highest BCUT2D eigenvalue weighted by Gasteiger charge is 2.28. The van der Waals surface area contributed by atoms with E-state index < -0.39 is 5.60 Å². The van der Waals surface area contributed by atoms with E-state index in [9.17, 15) is 9.59 Å². The molecule has 0 aliphatic rings. The Labute approximate surface area is 148 Å². The second-order valence-corrected chi connectivity index (χ2v) is 8.49. The van der Waals surface area contributed by atoms with Crippen LogP contribution in [0.1, 0.15) is 93.9 Å². The summed E-state index contributed by atoms with van der Waals surface area (Å²) in [6.45, 7) is 15.9. The predicted molar refractivity (Wildman–Crippen MR) is 98.0 cm³/mol. The lowest BCUT2D eigenvalue weighted by Crippen LogP contribution is -2.34. The van der Waals surface area contributed by atoms with Gasteiger partial charge in [-0.2, -0.15) is 0 Å². The van der Waals surface area contributed by atoms with Crippen LogP contribution in [0.2, 0.25) is 0 Å². The third-order valence-corrected chi connectivity index (χ3v) is 3.97. The second kappa shape index (κ2) is 10.2. The zero-order valence-corrected chi connectivity index (χ0v) is 17.0. The molecule has 4 heteroatoms. The molecule has 0 heterocycles. The molecule has 4 nitrogen and oxygen atoms in total. The van der Waals surface area contributed by atoms with Crippen LogP contribution in [0.25, 0.3) is 0 Å². The van der Waals surface area contributed by atoms with Crippen LogP contribution >= 0.6 is 0 Å². The molecule has 0 saturated carbocycles. The van der Waals surface area contributed by atoms with Gasteiger partial charge in [-0.1, -0.05) is 13.8 Å². The maximum atomic E-state index is 12.0. The Hall–Kier alpha value is -0.900. The molecule has 0 saturated heterocycles. The van der Waals surface area contributed by atoms with Gasteiger partial charge in [0.05, 0.1) is 11.7 Å². The molecular formula is C20H38O4. The quantitative estimate of drug-likeness (QED) is 0.367. The molecule has 0 aliphatic carbocycles. The minimum atomic E-state index is -0.498. The van der Waals surface area contributed by atoms with Crippen molar-refractivity contribution in [2.75, 3.05) is 0 Å². The summed E-state index contributed by atoms with van der Waals surface area (Å²) in [6, 6.07) is 0. The maximum absolute atomic E-state index is 12.0. The van der Waals surface area contributed by atoms with Crippen LogP contribution in [0.5, 0.6) is 0 Å². The number of unbranched alkanes of at least 4 members (excludes halogenated alkanes) is 1. The monoisotopic (exact) mass is 342 g/mol. The lowest BCUT2D eigenvalue weighted by molar-refractivity contribution is -0.159. The fraction of sp³-hybridized carbons (Fsp3) is 0.900. The van der Waals surface area contributed by atoms with E-state index in [0.717, 1.165) is 19.3 Å². The number of carbonyl (C=O) groups is 2. The van der Waals surface area contributed by atoms with Crippen LogP contribution in [0.15, 0.2) is 0 Å². The molecule has 0 rings (SSSR count). The van der Waals surface area contributed by atoms with E-state index >= 15 is 0 Å². The van der Waals surface area contributed by atoms with Gasteiger partial charge in [-0.3, -0.25) is 9.59 Å². The van der Waals surface area contributed by atoms with Gasteiger partial charge in [0.25, 0.3) is 0 Å². The molecule has 24 heavy (non-hydrogen) atoms. The Morgan fingerprint density at radius 2 is 1.33 bits per heavy atom. The lowest BCUT2D eigenvalue weighted by Gasteiger charge is -2.32. The standard InChI is InChI=1S/C20H38O4/c1-15(2)17(21)11-9-10-12-18(22)24-20(7,8)14-13-19(5,6)23-16(3)4/h15-16H,9-14H2,1-8H3. The summed E-state index contributed by atoms with van der Waals surface area (Å²) in [5.74, 6) is 0.156. The molecule has 0 aliphatic heterocycles. The van der Waals surface area contributed by atoms with Crippen LogP contribution in [0, 0.1) is 5.92 Å². The van der Waals surface area contributed by atoms with Crippen molar-refractivity contribution in [3.63, 3.8) is 0 Å². The average molecular weight is 343 g/mol. The first-order valence-electron chi connectivity index (χ1n) is 9.27. The molecule has 0 aromatic rings. The summed E-state index contributed by atoms with van der Waals surface area (Å²) in [5, 5.41) is 0. The fourth-order valence-electron chi connectivity index (χ4n) is 2.57. The first kappa shape index (κ1) is 23.1. The summed E-state index contributed by atoms with van der Waals surface area (Å²) in [6.07, 6.45) is 4.14. The normalized spacial score (nSPS) is 12.8. The maximum Gasteiger partial charge on any atom is 0.306 e. The number of ketones is 1. The van der Waals surface area contributed by atoms with E-state index in [1.54, 1.807) is 0 Å². The summed E-state index contributed by atoms with van der Waals surface area (Å²) in [5.41, 5.74) is -0.725. The highest BCUT2D eigenvalue weighted by atomic mass is 16.6. The predicted octanol–water partition coefficient (Wildman–Crippen LogP) is 5.08. The van der Waals surface area contributed by atoms with Gasteiger partial charge >= 0.3 is 5.97 Å². The first-order valence-corrected chi connectivity index (χ1v) is 9.27. The van der Waals surface area contributed by atoms with Crippen molar-refractivity contribution in [2.24, 2.45) is 5.92 Å². The molecule has 0 unspecified atom stereocenters. The SMILES string of the molecule is CC(C)OC(C)(C)CCC(C)(C)OC(=O)CCCCC(=O)C(C)C. The van der Waals surface area contributed by atoms with E-state index in [0.29, 0.717) is 19.3 Å². The Balaban J connectivity index is 4.12.